The average molecular weight is 354 g/mol. The normalized spacial score (nSPS) is 12.3. The molecule has 2 aromatic rings. The molecule has 0 N–H and O–H groups in total. The zero-order valence-electron chi connectivity index (χ0n) is 12.1. The van der Waals surface area contributed by atoms with E-state index in [0.29, 0.717) is 0 Å². The summed E-state index contributed by atoms with van der Waals surface area (Å²) in [5, 5.41) is 0.800. The molecular formula is C17H18BrClO. The van der Waals surface area contributed by atoms with E-state index in [1.54, 1.807) is 7.11 Å². The fraction of sp³-hybridized carbons (Fsp3) is 0.294. The van der Waals surface area contributed by atoms with Gasteiger partial charge in [-0.1, -0.05) is 51.8 Å². The first kappa shape index (κ1) is 15.4. The molecule has 0 aliphatic heterocycles. The van der Waals surface area contributed by atoms with Crippen LogP contribution in [0.2, 0.25) is 5.02 Å². The van der Waals surface area contributed by atoms with E-state index in [1.165, 1.54) is 11.1 Å². The predicted octanol–water partition coefficient (Wildman–Crippen LogP) is 5.76. The summed E-state index contributed by atoms with van der Waals surface area (Å²) in [5.74, 6) is 0.955. The van der Waals surface area contributed by atoms with Crippen molar-refractivity contribution in [3.05, 3.63) is 63.2 Å². The van der Waals surface area contributed by atoms with Crippen molar-refractivity contribution < 1.29 is 4.74 Å². The summed E-state index contributed by atoms with van der Waals surface area (Å²) in [6.07, 6.45) is 0. The first-order valence-corrected chi connectivity index (χ1v) is 7.79. The Morgan fingerprint density at radius 3 is 2.25 bits per heavy atom. The van der Waals surface area contributed by atoms with E-state index in [9.17, 15) is 0 Å². The lowest BCUT2D eigenvalue weighted by Gasteiger charge is -2.17. The molecular weight excluding hydrogens is 336 g/mol. The first-order chi connectivity index (χ1) is 9.45. The van der Waals surface area contributed by atoms with Crippen LogP contribution in [0.15, 0.2) is 30.3 Å². The topological polar surface area (TPSA) is 9.23 Å². The molecule has 20 heavy (non-hydrogen) atoms. The van der Waals surface area contributed by atoms with Gasteiger partial charge in [-0.2, -0.15) is 0 Å². The molecule has 2 aromatic carbocycles. The standard InChI is InChI=1S/C17H18BrClO/c1-10-8-13(9-11(2)17(10)20-4)16(18)14-6-5-7-15(19)12(14)3/h5-9,16H,1-4H3. The highest BCUT2D eigenvalue weighted by Gasteiger charge is 2.16. The molecule has 1 atom stereocenters. The Bertz CT molecular complexity index is 614. The van der Waals surface area contributed by atoms with Gasteiger partial charge >= 0.3 is 0 Å². The van der Waals surface area contributed by atoms with Crippen molar-refractivity contribution >= 4 is 27.5 Å². The average Bonchev–Trinajstić information content (AvgIpc) is 2.41. The number of hydrogen-bond acceptors (Lipinski definition) is 1. The number of methoxy groups -OCH3 is 1. The monoisotopic (exact) mass is 352 g/mol. The van der Waals surface area contributed by atoms with Crippen LogP contribution in [0, 0.1) is 20.8 Å². The van der Waals surface area contributed by atoms with Crippen LogP contribution in [0.3, 0.4) is 0 Å². The Hall–Kier alpha value is -0.990. The van der Waals surface area contributed by atoms with Gasteiger partial charge in [-0.3, -0.25) is 0 Å². The number of aryl methyl sites for hydroxylation is 2. The van der Waals surface area contributed by atoms with Crippen LogP contribution < -0.4 is 4.74 Å². The second-order valence-corrected chi connectivity index (χ2v) is 6.33. The van der Waals surface area contributed by atoms with Crippen molar-refractivity contribution in [1.82, 2.24) is 0 Å². The molecule has 0 aromatic heterocycles. The molecule has 0 spiro atoms. The number of hydrogen-bond donors (Lipinski definition) is 0. The number of rotatable bonds is 3. The summed E-state index contributed by atoms with van der Waals surface area (Å²) in [7, 11) is 1.71. The third-order valence-electron chi connectivity index (χ3n) is 3.56. The van der Waals surface area contributed by atoms with Gasteiger partial charge in [-0.25, -0.2) is 0 Å². The molecule has 1 nitrogen and oxygen atoms in total. The zero-order chi connectivity index (χ0) is 14.9. The third-order valence-corrected chi connectivity index (χ3v) is 4.99. The van der Waals surface area contributed by atoms with Crippen LogP contribution in [0.25, 0.3) is 0 Å². The number of alkyl halides is 1. The summed E-state index contributed by atoms with van der Waals surface area (Å²) in [6.45, 7) is 6.19. The minimum Gasteiger partial charge on any atom is -0.496 e. The van der Waals surface area contributed by atoms with Crippen LogP contribution >= 0.6 is 27.5 Å². The SMILES string of the molecule is COc1c(C)cc(C(Br)c2cccc(Cl)c2C)cc1C. The molecule has 1 unspecified atom stereocenters. The van der Waals surface area contributed by atoms with Crippen molar-refractivity contribution in [1.29, 1.82) is 0 Å². The number of halogens is 2. The predicted molar refractivity (Wildman–Crippen MR) is 89.4 cm³/mol. The Balaban J connectivity index is 2.49. The van der Waals surface area contributed by atoms with Crippen LogP contribution in [0.4, 0.5) is 0 Å². The lowest BCUT2D eigenvalue weighted by Crippen LogP contribution is -1.99. The molecule has 106 valence electrons. The van der Waals surface area contributed by atoms with Gasteiger partial charge in [0.05, 0.1) is 11.9 Å². The Kier molecular flexibility index (Phi) is 4.77. The number of benzene rings is 2. The van der Waals surface area contributed by atoms with Crippen LogP contribution in [0.5, 0.6) is 5.75 Å². The van der Waals surface area contributed by atoms with E-state index in [4.69, 9.17) is 16.3 Å². The van der Waals surface area contributed by atoms with E-state index in [1.807, 2.05) is 12.1 Å². The molecule has 0 fully saturated rings. The van der Waals surface area contributed by atoms with Gasteiger partial charge in [-0.15, -0.1) is 0 Å². The molecule has 0 heterocycles. The lowest BCUT2D eigenvalue weighted by atomic mass is 9.97. The van der Waals surface area contributed by atoms with Gasteiger partial charge in [0, 0.05) is 5.02 Å². The fourth-order valence-electron chi connectivity index (χ4n) is 2.53. The van der Waals surface area contributed by atoms with Crippen molar-refractivity contribution in [2.24, 2.45) is 0 Å². The lowest BCUT2D eigenvalue weighted by molar-refractivity contribution is 0.408. The van der Waals surface area contributed by atoms with Crippen LogP contribution in [0.1, 0.15) is 32.6 Å². The molecule has 0 radical (unpaired) electrons. The fourth-order valence-corrected chi connectivity index (χ4v) is 3.47. The molecule has 0 aliphatic carbocycles. The van der Waals surface area contributed by atoms with E-state index in [2.05, 4.69) is 54.9 Å². The summed E-state index contributed by atoms with van der Waals surface area (Å²) in [4.78, 5) is 0.129. The minimum atomic E-state index is 0.129. The molecule has 3 heteroatoms. The largest absolute Gasteiger partial charge is 0.496 e. The molecule has 0 amide bonds. The van der Waals surface area contributed by atoms with E-state index in [-0.39, 0.29) is 4.83 Å². The molecule has 2 rings (SSSR count). The van der Waals surface area contributed by atoms with Crippen molar-refractivity contribution in [3.8, 4) is 5.75 Å². The Morgan fingerprint density at radius 1 is 1.10 bits per heavy atom. The highest BCUT2D eigenvalue weighted by Crippen LogP contribution is 2.37. The zero-order valence-corrected chi connectivity index (χ0v) is 14.5. The summed E-state index contributed by atoms with van der Waals surface area (Å²) in [5.41, 5.74) is 5.81. The highest BCUT2D eigenvalue weighted by molar-refractivity contribution is 9.09. The minimum absolute atomic E-state index is 0.129. The first-order valence-electron chi connectivity index (χ1n) is 6.50. The summed E-state index contributed by atoms with van der Waals surface area (Å²) >= 11 is 10.0. The Morgan fingerprint density at radius 2 is 1.70 bits per heavy atom. The van der Waals surface area contributed by atoms with Crippen LogP contribution in [-0.4, -0.2) is 7.11 Å². The maximum atomic E-state index is 6.21. The maximum Gasteiger partial charge on any atom is 0.124 e. The number of ether oxygens (including phenoxy) is 1. The van der Waals surface area contributed by atoms with Gasteiger partial charge in [0.25, 0.3) is 0 Å². The summed E-state index contributed by atoms with van der Waals surface area (Å²) in [6, 6.07) is 10.3. The van der Waals surface area contributed by atoms with Crippen molar-refractivity contribution in [2.75, 3.05) is 7.11 Å². The van der Waals surface area contributed by atoms with Gasteiger partial charge < -0.3 is 4.74 Å². The van der Waals surface area contributed by atoms with E-state index in [0.717, 1.165) is 27.5 Å². The quantitative estimate of drug-likeness (QED) is 0.638. The van der Waals surface area contributed by atoms with Gasteiger partial charge in [-0.05, 0) is 54.7 Å². The summed E-state index contributed by atoms with van der Waals surface area (Å²) < 4.78 is 5.42. The highest BCUT2D eigenvalue weighted by atomic mass is 79.9. The molecule has 0 bridgehead atoms. The maximum absolute atomic E-state index is 6.21. The van der Waals surface area contributed by atoms with Gasteiger partial charge in [0.15, 0.2) is 0 Å². The second-order valence-electron chi connectivity index (χ2n) is 5.00. The molecule has 0 saturated carbocycles. The van der Waals surface area contributed by atoms with Gasteiger partial charge in [0.2, 0.25) is 0 Å². The van der Waals surface area contributed by atoms with Crippen LogP contribution in [-0.2, 0) is 0 Å². The van der Waals surface area contributed by atoms with E-state index < -0.39 is 0 Å². The molecule has 0 aliphatic rings. The third kappa shape index (κ3) is 2.87. The second kappa shape index (κ2) is 6.19. The molecule has 0 saturated heterocycles. The Labute approximate surface area is 134 Å². The van der Waals surface area contributed by atoms with Crippen molar-refractivity contribution in [2.45, 2.75) is 25.6 Å². The van der Waals surface area contributed by atoms with E-state index >= 15 is 0 Å². The smallest absolute Gasteiger partial charge is 0.124 e. The van der Waals surface area contributed by atoms with Crippen molar-refractivity contribution in [3.63, 3.8) is 0 Å². The van der Waals surface area contributed by atoms with Gasteiger partial charge in [0.1, 0.15) is 5.75 Å².